The summed E-state index contributed by atoms with van der Waals surface area (Å²) in [4.78, 5) is 0. The van der Waals surface area contributed by atoms with E-state index in [-0.39, 0.29) is 14.9 Å². The standard InChI is InChI=1S/2C6H8N.C2H7P.2CH3/c2*1-7-5-3-2-4-6-7;1-3-2;;/h2*2-6H,1H3;3H,1-2H3;2*1H3/q2*+1;;2*-1. The summed E-state index contributed by atoms with van der Waals surface area (Å²) in [6.45, 7) is 4.31. The molecule has 108 valence electrons. The van der Waals surface area contributed by atoms with Crippen molar-refractivity contribution < 1.29 is 9.13 Å². The molecule has 2 heterocycles. The number of hydrogen-bond acceptors (Lipinski definition) is 0. The average Bonchev–Trinajstić information content (AvgIpc) is 2.33. The van der Waals surface area contributed by atoms with Crippen LogP contribution >= 0.6 is 8.58 Å². The summed E-state index contributed by atoms with van der Waals surface area (Å²) >= 11 is 0. The Bertz CT molecular complexity index is 326. The summed E-state index contributed by atoms with van der Waals surface area (Å²) in [6.07, 6.45) is 8.00. The second kappa shape index (κ2) is 16.7. The quantitative estimate of drug-likeness (QED) is 0.398. The zero-order valence-electron chi connectivity index (χ0n) is 13.2. The molecule has 0 unspecified atom stereocenters. The summed E-state index contributed by atoms with van der Waals surface area (Å²) in [7, 11) is 5.08. The minimum atomic E-state index is 0. The lowest BCUT2D eigenvalue weighted by molar-refractivity contribution is -0.671. The van der Waals surface area contributed by atoms with Crippen molar-refractivity contribution in [3.63, 3.8) is 0 Å². The molecule has 0 aliphatic rings. The molecule has 3 heteroatoms. The van der Waals surface area contributed by atoms with Crippen LogP contribution < -0.4 is 9.13 Å². The largest absolute Gasteiger partial charge is 0.358 e. The molecule has 19 heavy (non-hydrogen) atoms. The molecule has 0 N–H and O–H groups in total. The highest BCUT2D eigenvalue weighted by Crippen LogP contribution is 1.84. The Labute approximate surface area is 121 Å². The lowest BCUT2D eigenvalue weighted by atomic mass is 10.5. The summed E-state index contributed by atoms with van der Waals surface area (Å²) < 4.78 is 4.00. The molecule has 2 rings (SSSR count). The van der Waals surface area contributed by atoms with Gasteiger partial charge >= 0.3 is 0 Å². The van der Waals surface area contributed by atoms with E-state index in [0.29, 0.717) is 0 Å². The third-order valence-electron chi connectivity index (χ3n) is 1.73. The molecular formula is C16H29N2P. The van der Waals surface area contributed by atoms with Crippen LogP contribution in [-0.2, 0) is 14.1 Å². The highest BCUT2D eigenvalue weighted by Gasteiger charge is 1.79. The van der Waals surface area contributed by atoms with Crippen LogP contribution in [0.4, 0.5) is 0 Å². The zero-order chi connectivity index (χ0) is 12.9. The van der Waals surface area contributed by atoms with E-state index in [1.807, 2.05) is 84.4 Å². The number of hydrogen-bond donors (Lipinski definition) is 0. The van der Waals surface area contributed by atoms with Crippen LogP contribution in [0.25, 0.3) is 0 Å². The Morgan fingerprint density at radius 2 is 0.789 bits per heavy atom. The number of rotatable bonds is 0. The maximum Gasteiger partial charge on any atom is 0.168 e. The van der Waals surface area contributed by atoms with Crippen molar-refractivity contribution in [3.05, 3.63) is 76.0 Å². The van der Waals surface area contributed by atoms with Gasteiger partial charge < -0.3 is 14.9 Å². The van der Waals surface area contributed by atoms with E-state index in [1.165, 1.54) is 0 Å². The van der Waals surface area contributed by atoms with Crippen LogP contribution in [0.5, 0.6) is 0 Å². The van der Waals surface area contributed by atoms with Gasteiger partial charge in [0, 0.05) is 24.3 Å². The van der Waals surface area contributed by atoms with E-state index in [9.17, 15) is 0 Å². The molecule has 2 nitrogen and oxygen atoms in total. The molecule has 0 saturated heterocycles. The van der Waals surface area contributed by atoms with Crippen LogP contribution in [0.1, 0.15) is 0 Å². The van der Waals surface area contributed by atoms with Gasteiger partial charge in [0.15, 0.2) is 24.8 Å². The van der Waals surface area contributed by atoms with Crippen molar-refractivity contribution in [2.75, 3.05) is 13.3 Å². The fourth-order valence-electron chi connectivity index (χ4n) is 0.969. The first kappa shape index (κ1) is 22.9. The molecular weight excluding hydrogens is 251 g/mol. The second-order valence-electron chi connectivity index (χ2n) is 3.58. The summed E-state index contributed by atoms with van der Waals surface area (Å²) in [5, 5.41) is 0. The van der Waals surface area contributed by atoms with Crippen molar-refractivity contribution in [2.24, 2.45) is 14.1 Å². The smallest absolute Gasteiger partial charge is 0.168 e. The van der Waals surface area contributed by atoms with Gasteiger partial charge in [0.05, 0.1) is 0 Å². The summed E-state index contributed by atoms with van der Waals surface area (Å²) in [6, 6.07) is 12.0. The van der Waals surface area contributed by atoms with E-state index >= 15 is 0 Å². The average molecular weight is 280 g/mol. The second-order valence-corrected chi connectivity index (χ2v) is 4.58. The molecule has 0 fully saturated rings. The molecule has 0 aliphatic heterocycles. The molecule has 0 bridgehead atoms. The van der Waals surface area contributed by atoms with Gasteiger partial charge in [-0.2, -0.15) is 0 Å². The van der Waals surface area contributed by atoms with Crippen molar-refractivity contribution in [1.82, 2.24) is 0 Å². The van der Waals surface area contributed by atoms with E-state index in [2.05, 4.69) is 13.3 Å². The predicted octanol–water partition coefficient (Wildman–Crippen LogP) is 2.85. The molecule has 0 radical (unpaired) electrons. The van der Waals surface area contributed by atoms with Gasteiger partial charge in [-0.1, -0.05) is 12.1 Å². The fourth-order valence-corrected chi connectivity index (χ4v) is 0.969. The molecule has 0 atom stereocenters. The number of aryl methyl sites for hydroxylation is 2. The SMILES string of the molecule is CPC.C[n+]1ccccc1.C[n+]1ccccc1.[CH3-].[CH3-]. The van der Waals surface area contributed by atoms with Crippen LogP contribution in [0.2, 0.25) is 0 Å². The molecule has 0 amide bonds. The summed E-state index contributed by atoms with van der Waals surface area (Å²) in [5.41, 5.74) is 0. The maximum absolute atomic E-state index is 2.15. The van der Waals surface area contributed by atoms with Gasteiger partial charge in [-0.3, -0.25) is 0 Å². The van der Waals surface area contributed by atoms with Crippen LogP contribution in [0.15, 0.2) is 61.2 Å². The first-order chi connectivity index (χ1) is 8.20. The van der Waals surface area contributed by atoms with Crippen LogP contribution in [0, 0.1) is 14.9 Å². The lowest BCUT2D eigenvalue weighted by Gasteiger charge is -1.77. The van der Waals surface area contributed by atoms with E-state index < -0.39 is 0 Å². The van der Waals surface area contributed by atoms with Gasteiger partial charge in [0.25, 0.3) is 0 Å². The first-order valence-electron chi connectivity index (χ1n) is 5.59. The van der Waals surface area contributed by atoms with Gasteiger partial charge in [-0.05, 0) is 13.3 Å². The van der Waals surface area contributed by atoms with E-state index in [4.69, 9.17) is 0 Å². The number of pyridine rings is 2. The lowest BCUT2D eigenvalue weighted by Crippen LogP contribution is -2.25. The topological polar surface area (TPSA) is 7.76 Å². The van der Waals surface area contributed by atoms with E-state index in [0.717, 1.165) is 8.58 Å². The highest BCUT2D eigenvalue weighted by molar-refractivity contribution is 7.35. The predicted molar refractivity (Wildman–Crippen MR) is 88.2 cm³/mol. The van der Waals surface area contributed by atoms with E-state index in [1.54, 1.807) is 0 Å². The van der Waals surface area contributed by atoms with Gasteiger partial charge in [0.2, 0.25) is 0 Å². The Morgan fingerprint density at radius 3 is 0.895 bits per heavy atom. The zero-order valence-corrected chi connectivity index (χ0v) is 14.2. The minimum absolute atomic E-state index is 0. The Hall–Kier alpha value is -1.27. The fraction of sp³-hybridized carbons (Fsp3) is 0.250. The third-order valence-corrected chi connectivity index (χ3v) is 1.73. The minimum Gasteiger partial charge on any atom is -0.358 e. The van der Waals surface area contributed by atoms with Gasteiger partial charge in [-0.25, -0.2) is 9.13 Å². The first-order valence-corrected chi connectivity index (χ1v) is 7.59. The summed E-state index contributed by atoms with van der Waals surface area (Å²) in [5.74, 6) is 0. The monoisotopic (exact) mass is 280 g/mol. The Balaban J connectivity index is -0.000000207. The maximum atomic E-state index is 2.15. The molecule has 2 aromatic heterocycles. The molecule has 2 aromatic rings. The molecule has 0 saturated carbocycles. The normalized spacial score (nSPS) is 7.37. The van der Waals surface area contributed by atoms with Crippen molar-refractivity contribution >= 4 is 8.58 Å². The molecule has 0 aromatic carbocycles. The van der Waals surface area contributed by atoms with Crippen molar-refractivity contribution in [2.45, 2.75) is 0 Å². The van der Waals surface area contributed by atoms with Crippen LogP contribution in [0.3, 0.4) is 0 Å². The van der Waals surface area contributed by atoms with Crippen molar-refractivity contribution in [1.29, 1.82) is 0 Å². The number of nitrogens with zero attached hydrogens (tertiary/aromatic N) is 2. The Kier molecular flexibility index (Phi) is 20.1. The number of aromatic nitrogens is 2. The van der Waals surface area contributed by atoms with Crippen LogP contribution in [-0.4, -0.2) is 13.3 Å². The highest BCUT2D eigenvalue weighted by atomic mass is 31.1. The molecule has 0 spiro atoms. The third kappa shape index (κ3) is 16.7. The van der Waals surface area contributed by atoms with Gasteiger partial charge in [-0.15, -0.1) is 8.58 Å². The Morgan fingerprint density at radius 1 is 0.579 bits per heavy atom. The molecule has 0 aliphatic carbocycles. The van der Waals surface area contributed by atoms with Gasteiger partial charge in [0.1, 0.15) is 14.1 Å². The van der Waals surface area contributed by atoms with Crippen molar-refractivity contribution in [3.8, 4) is 0 Å².